The van der Waals surface area contributed by atoms with Gasteiger partial charge in [-0.1, -0.05) is 11.6 Å². The molecular formula is C17H21ClN4O3. The van der Waals surface area contributed by atoms with Crippen molar-refractivity contribution in [3.63, 3.8) is 0 Å². The fourth-order valence-corrected chi connectivity index (χ4v) is 3.25. The number of hydrogen-bond acceptors (Lipinski definition) is 4. The first-order valence-electron chi connectivity index (χ1n) is 8.42. The molecule has 7 nitrogen and oxygen atoms in total. The molecule has 2 saturated heterocycles. The lowest BCUT2D eigenvalue weighted by atomic mass is 10.1. The molecule has 0 bridgehead atoms. The molecule has 2 fully saturated rings. The smallest absolute Gasteiger partial charge is 0.255 e. The van der Waals surface area contributed by atoms with Gasteiger partial charge in [0, 0.05) is 36.9 Å². The van der Waals surface area contributed by atoms with Gasteiger partial charge in [0.1, 0.15) is 0 Å². The number of halogens is 1. The number of carbonyl (C=O) groups is 3. The molecule has 3 amide bonds. The number of rotatable bonds is 4. The highest BCUT2D eigenvalue weighted by molar-refractivity contribution is 6.31. The number of likely N-dealkylation sites (tertiary alicyclic amines) is 1. The first kappa shape index (κ1) is 17.5. The molecule has 0 aliphatic carbocycles. The Morgan fingerprint density at radius 2 is 1.92 bits per heavy atom. The Labute approximate surface area is 151 Å². The van der Waals surface area contributed by atoms with Crippen molar-refractivity contribution in [2.45, 2.75) is 12.8 Å². The molecule has 0 atom stereocenters. The lowest BCUT2D eigenvalue weighted by Crippen LogP contribution is -2.51. The van der Waals surface area contributed by atoms with Gasteiger partial charge < -0.3 is 20.4 Å². The van der Waals surface area contributed by atoms with Gasteiger partial charge in [0.2, 0.25) is 11.8 Å². The molecule has 2 aliphatic heterocycles. The van der Waals surface area contributed by atoms with E-state index in [0.29, 0.717) is 29.4 Å². The summed E-state index contributed by atoms with van der Waals surface area (Å²) < 4.78 is 0. The van der Waals surface area contributed by atoms with E-state index in [1.165, 1.54) is 4.90 Å². The predicted octanol–water partition coefficient (Wildman–Crippen LogP) is 0.946. The summed E-state index contributed by atoms with van der Waals surface area (Å²) in [6, 6.07) is 5.01. The third-order valence-electron chi connectivity index (χ3n) is 4.43. The summed E-state index contributed by atoms with van der Waals surface area (Å²) in [6.45, 7) is 2.52. The van der Waals surface area contributed by atoms with E-state index in [-0.39, 0.29) is 30.8 Å². The van der Waals surface area contributed by atoms with Gasteiger partial charge in [0.05, 0.1) is 18.7 Å². The van der Waals surface area contributed by atoms with E-state index in [0.717, 1.165) is 25.9 Å². The van der Waals surface area contributed by atoms with E-state index in [4.69, 9.17) is 11.6 Å². The first-order chi connectivity index (χ1) is 12.0. The highest BCUT2D eigenvalue weighted by Gasteiger charge is 2.24. The third-order valence-corrected chi connectivity index (χ3v) is 4.66. The molecule has 8 heteroatoms. The average molecular weight is 365 g/mol. The molecule has 1 aromatic carbocycles. The van der Waals surface area contributed by atoms with Crippen LogP contribution in [0.4, 0.5) is 5.69 Å². The molecule has 3 rings (SSSR count). The summed E-state index contributed by atoms with van der Waals surface area (Å²) >= 11 is 6.05. The van der Waals surface area contributed by atoms with Crippen molar-refractivity contribution in [1.82, 2.24) is 15.1 Å². The molecule has 0 aromatic heterocycles. The fraction of sp³-hybridized carbons (Fsp3) is 0.471. The monoisotopic (exact) mass is 364 g/mol. The van der Waals surface area contributed by atoms with Gasteiger partial charge in [-0.2, -0.15) is 0 Å². The van der Waals surface area contributed by atoms with Gasteiger partial charge in [0.25, 0.3) is 5.91 Å². The highest BCUT2D eigenvalue weighted by atomic mass is 35.5. The molecule has 0 radical (unpaired) electrons. The Balaban J connectivity index is 1.68. The minimum Gasteiger partial charge on any atom is -0.375 e. The van der Waals surface area contributed by atoms with Gasteiger partial charge >= 0.3 is 0 Å². The third kappa shape index (κ3) is 4.22. The van der Waals surface area contributed by atoms with Crippen molar-refractivity contribution in [2.24, 2.45) is 0 Å². The number of benzene rings is 1. The van der Waals surface area contributed by atoms with Crippen molar-refractivity contribution in [1.29, 1.82) is 0 Å². The second-order valence-corrected chi connectivity index (χ2v) is 6.64. The normalized spacial score (nSPS) is 17.4. The van der Waals surface area contributed by atoms with Crippen LogP contribution in [-0.2, 0) is 9.59 Å². The van der Waals surface area contributed by atoms with Gasteiger partial charge in [-0.05, 0) is 31.0 Å². The molecule has 25 heavy (non-hydrogen) atoms. The summed E-state index contributed by atoms with van der Waals surface area (Å²) in [4.78, 5) is 39.7. The summed E-state index contributed by atoms with van der Waals surface area (Å²) in [7, 11) is 0. The van der Waals surface area contributed by atoms with E-state index < -0.39 is 0 Å². The van der Waals surface area contributed by atoms with Gasteiger partial charge in [-0.25, -0.2) is 0 Å². The minimum atomic E-state index is -0.186. The van der Waals surface area contributed by atoms with Crippen LogP contribution in [0, 0.1) is 0 Å². The second kappa shape index (κ2) is 7.74. The van der Waals surface area contributed by atoms with Gasteiger partial charge in [-0.3, -0.25) is 14.4 Å². The lowest BCUT2D eigenvalue weighted by molar-refractivity contribution is -0.136. The Bertz CT molecular complexity index is 688. The lowest BCUT2D eigenvalue weighted by Gasteiger charge is -2.27. The highest BCUT2D eigenvalue weighted by Crippen LogP contribution is 2.24. The van der Waals surface area contributed by atoms with Crippen LogP contribution >= 0.6 is 11.6 Å². The molecule has 0 spiro atoms. The minimum absolute atomic E-state index is 0.00784. The van der Waals surface area contributed by atoms with E-state index in [9.17, 15) is 14.4 Å². The van der Waals surface area contributed by atoms with Crippen molar-refractivity contribution in [3.05, 3.63) is 28.8 Å². The summed E-state index contributed by atoms with van der Waals surface area (Å²) in [6.07, 6.45) is 2.02. The fourth-order valence-electron chi connectivity index (χ4n) is 3.07. The number of nitrogens with zero attached hydrogens (tertiary/aromatic N) is 2. The topological polar surface area (TPSA) is 81.8 Å². The number of anilines is 1. The molecule has 134 valence electrons. The number of amides is 3. The number of piperazine rings is 1. The Morgan fingerprint density at radius 1 is 1.16 bits per heavy atom. The first-order valence-corrected chi connectivity index (χ1v) is 8.79. The van der Waals surface area contributed by atoms with E-state index in [1.807, 2.05) is 4.90 Å². The van der Waals surface area contributed by atoms with Crippen LogP contribution in [-0.4, -0.2) is 66.8 Å². The van der Waals surface area contributed by atoms with Crippen molar-refractivity contribution in [2.75, 3.05) is 44.6 Å². The quantitative estimate of drug-likeness (QED) is 0.833. The predicted molar refractivity (Wildman–Crippen MR) is 94.7 cm³/mol. The number of carbonyl (C=O) groups excluding carboxylic acids is 3. The number of nitrogens with one attached hydrogen (secondary N) is 2. The SMILES string of the molecule is O=C1CN(C(=O)CNc2cc(Cl)ccc2C(=O)N2CCCC2)CCN1. The van der Waals surface area contributed by atoms with Crippen molar-refractivity contribution >= 4 is 35.0 Å². The second-order valence-electron chi connectivity index (χ2n) is 6.21. The van der Waals surface area contributed by atoms with E-state index in [2.05, 4.69) is 10.6 Å². The Hall–Kier alpha value is -2.28. The van der Waals surface area contributed by atoms with Gasteiger partial charge in [-0.15, -0.1) is 0 Å². The zero-order chi connectivity index (χ0) is 17.8. The standard InChI is InChI=1S/C17H21ClN4O3/c18-12-3-4-13(17(25)21-6-1-2-7-21)14(9-12)20-10-16(24)22-8-5-19-15(23)11-22/h3-4,9,20H,1-2,5-8,10-11H2,(H,19,23). The van der Waals surface area contributed by atoms with Crippen molar-refractivity contribution in [3.8, 4) is 0 Å². The molecular weight excluding hydrogens is 344 g/mol. The number of hydrogen-bond donors (Lipinski definition) is 2. The maximum atomic E-state index is 12.7. The van der Waals surface area contributed by atoms with Crippen molar-refractivity contribution < 1.29 is 14.4 Å². The summed E-state index contributed by atoms with van der Waals surface area (Å²) in [5.41, 5.74) is 1.05. The molecule has 2 aliphatic rings. The van der Waals surface area contributed by atoms with E-state index in [1.54, 1.807) is 18.2 Å². The zero-order valence-electron chi connectivity index (χ0n) is 13.9. The zero-order valence-corrected chi connectivity index (χ0v) is 14.6. The molecule has 0 saturated carbocycles. The van der Waals surface area contributed by atoms with E-state index >= 15 is 0 Å². The van der Waals surface area contributed by atoms with Crippen LogP contribution in [0.3, 0.4) is 0 Å². The van der Waals surface area contributed by atoms with Crippen LogP contribution in [0.1, 0.15) is 23.2 Å². The maximum absolute atomic E-state index is 12.7. The van der Waals surface area contributed by atoms with Crippen LogP contribution in [0.25, 0.3) is 0 Å². The Morgan fingerprint density at radius 3 is 2.64 bits per heavy atom. The maximum Gasteiger partial charge on any atom is 0.255 e. The van der Waals surface area contributed by atoms with Crippen LogP contribution in [0.2, 0.25) is 5.02 Å². The molecule has 1 aromatic rings. The average Bonchev–Trinajstić information content (AvgIpc) is 3.14. The Kier molecular flexibility index (Phi) is 5.43. The molecule has 2 N–H and O–H groups in total. The summed E-state index contributed by atoms with van der Waals surface area (Å²) in [5, 5.41) is 6.19. The molecule has 2 heterocycles. The largest absolute Gasteiger partial charge is 0.375 e. The van der Waals surface area contributed by atoms with Crippen LogP contribution < -0.4 is 10.6 Å². The van der Waals surface area contributed by atoms with Crippen LogP contribution in [0.5, 0.6) is 0 Å². The van der Waals surface area contributed by atoms with Gasteiger partial charge in [0.15, 0.2) is 0 Å². The molecule has 0 unspecified atom stereocenters. The summed E-state index contributed by atoms with van der Waals surface area (Å²) in [5.74, 6) is -0.400. The van der Waals surface area contributed by atoms with Crippen LogP contribution in [0.15, 0.2) is 18.2 Å².